The molecule has 11 heavy (non-hydrogen) atoms. The van der Waals surface area contributed by atoms with E-state index < -0.39 is 10.7 Å². The standard InChI is InChI=1S/C7H15NO2S/c9-11(10)7-3-6-8-4-1-2-5-8/h11H,1-7H2. The van der Waals surface area contributed by atoms with Crippen molar-refractivity contribution in [2.45, 2.75) is 19.3 Å². The van der Waals surface area contributed by atoms with Crippen LogP contribution in [0.1, 0.15) is 19.3 Å². The summed E-state index contributed by atoms with van der Waals surface area (Å²) in [6, 6.07) is 0. The van der Waals surface area contributed by atoms with Crippen LogP contribution in [0.15, 0.2) is 0 Å². The first-order valence-corrected chi connectivity index (χ1v) is 5.49. The monoisotopic (exact) mass is 177 g/mol. The molecule has 0 radical (unpaired) electrons. The zero-order chi connectivity index (χ0) is 8.10. The number of hydrogen-bond donors (Lipinski definition) is 1. The third-order valence-electron chi connectivity index (χ3n) is 2.01. The third kappa shape index (κ3) is 3.72. The molecule has 1 fully saturated rings. The highest BCUT2D eigenvalue weighted by molar-refractivity contribution is 7.72. The fourth-order valence-corrected chi connectivity index (χ4v) is 1.83. The molecule has 3 nitrogen and oxygen atoms in total. The van der Waals surface area contributed by atoms with Crippen molar-refractivity contribution >= 4 is 10.7 Å². The van der Waals surface area contributed by atoms with Crippen LogP contribution in [0, 0.1) is 0 Å². The van der Waals surface area contributed by atoms with Gasteiger partial charge in [-0.25, -0.2) is 8.42 Å². The lowest BCUT2D eigenvalue weighted by molar-refractivity contribution is 0.340. The van der Waals surface area contributed by atoms with Gasteiger partial charge in [0.15, 0.2) is 0 Å². The molecule has 1 aliphatic heterocycles. The lowest BCUT2D eigenvalue weighted by Gasteiger charge is -2.12. The first-order valence-electron chi connectivity index (χ1n) is 4.13. The summed E-state index contributed by atoms with van der Waals surface area (Å²) in [5.74, 6) is 0.353. The molecule has 0 spiro atoms. The van der Waals surface area contributed by atoms with Gasteiger partial charge in [-0.05, 0) is 38.9 Å². The minimum Gasteiger partial charge on any atom is -0.303 e. The second kappa shape index (κ2) is 4.72. The van der Waals surface area contributed by atoms with Crippen LogP contribution in [0.4, 0.5) is 0 Å². The normalized spacial score (nSPS) is 19.7. The molecule has 0 N–H and O–H groups in total. The van der Waals surface area contributed by atoms with Crippen LogP contribution in [-0.4, -0.2) is 38.7 Å². The Hall–Kier alpha value is -0.0900. The van der Waals surface area contributed by atoms with Crippen LogP contribution in [0.5, 0.6) is 0 Å². The molecule has 1 aliphatic rings. The molecular formula is C7H15NO2S. The second-order valence-electron chi connectivity index (χ2n) is 2.96. The summed E-state index contributed by atoms with van der Waals surface area (Å²) in [5, 5.41) is 0. The fourth-order valence-electron chi connectivity index (χ4n) is 1.43. The van der Waals surface area contributed by atoms with Crippen molar-refractivity contribution in [2.24, 2.45) is 0 Å². The van der Waals surface area contributed by atoms with Gasteiger partial charge < -0.3 is 4.90 Å². The Morgan fingerprint density at radius 2 is 1.82 bits per heavy atom. The summed E-state index contributed by atoms with van der Waals surface area (Å²) in [4.78, 5) is 2.33. The molecule has 0 aliphatic carbocycles. The maximum atomic E-state index is 10.2. The Morgan fingerprint density at radius 1 is 1.18 bits per heavy atom. The molecule has 66 valence electrons. The van der Waals surface area contributed by atoms with Crippen molar-refractivity contribution in [3.05, 3.63) is 0 Å². The maximum absolute atomic E-state index is 10.2. The van der Waals surface area contributed by atoms with E-state index in [-0.39, 0.29) is 0 Å². The van der Waals surface area contributed by atoms with Crippen molar-refractivity contribution in [2.75, 3.05) is 25.4 Å². The quantitative estimate of drug-likeness (QED) is 0.618. The van der Waals surface area contributed by atoms with E-state index >= 15 is 0 Å². The lowest BCUT2D eigenvalue weighted by Crippen LogP contribution is -2.21. The molecule has 0 amide bonds. The molecule has 4 heteroatoms. The van der Waals surface area contributed by atoms with Gasteiger partial charge in [0.1, 0.15) is 10.7 Å². The molecule has 1 heterocycles. The predicted octanol–water partition coefficient (Wildman–Crippen LogP) is 0.0837. The van der Waals surface area contributed by atoms with Crippen LogP contribution in [0.2, 0.25) is 0 Å². The maximum Gasteiger partial charge on any atom is 0.140 e. The SMILES string of the molecule is O=[SH](=O)CCCN1CCCC1. The minimum atomic E-state index is -2.15. The Morgan fingerprint density at radius 3 is 2.36 bits per heavy atom. The van der Waals surface area contributed by atoms with Crippen LogP contribution in [0.3, 0.4) is 0 Å². The number of thiol groups is 1. The molecule has 0 aromatic carbocycles. The molecule has 0 aromatic rings. The van der Waals surface area contributed by atoms with E-state index in [0.29, 0.717) is 5.75 Å². The average molecular weight is 177 g/mol. The van der Waals surface area contributed by atoms with Crippen LogP contribution < -0.4 is 0 Å². The molecule has 0 aromatic heterocycles. The van der Waals surface area contributed by atoms with E-state index in [4.69, 9.17) is 0 Å². The van der Waals surface area contributed by atoms with E-state index in [0.717, 1.165) is 26.1 Å². The molecule has 1 saturated heterocycles. The Labute approximate surface area is 69.3 Å². The van der Waals surface area contributed by atoms with E-state index in [1.54, 1.807) is 0 Å². The first-order chi connectivity index (χ1) is 5.29. The summed E-state index contributed by atoms with van der Waals surface area (Å²) in [5.41, 5.74) is 0. The summed E-state index contributed by atoms with van der Waals surface area (Å²) in [6.45, 7) is 3.29. The fraction of sp³-hybridized carbons (Fsp3) is 1.00. The van der Waals surface area contributed by atoms with Crippen molar-refractivity contribution in [3.8, 4) is 0 Å². The van der Waals surface area contributed by atoms with Gasteiger partial charge in [-0.2, -0.15) is 0 Å². The molecule has 0 unspecified atom stereocenters. The van der Waals surface area contributed by atoms with E-state index in [2.05, 4.69) is 4.90 Å². The predicted molar refractivity (Wildman–Crippen MR) is 45.5 cm³/mol. The summed E-state index contributed by atoms with van der Waals surface area (Å²) in [7, 11) is -2.15. The zero-order valence-corrected chi connectivity index (χ0v) is 7.56. The Kier molecular flexibility index (Phi) is 3.86. The molecule has 1 rings (SSSR count). The van der Waals surface area contributed by atoms with Crippen LogP contribution >= 0.6 is 0 Å². The lowest BCUT2D eigenvalue weighted by atomic mass is 10.4. The highest BCUT2D eigenvalue weighted by atomic mass is 32.2. The summed E-state index contributed by atoms with van der Waals surface area (Å²) >= 11 is 0. The molecule has 0 saturated carbocycles. The van der Waals surface area contributed by atoms with Gasteiger partial charge >= 0.3 is 0 Å². The van der Waals surface area contributed by atoms with Gasteiger partial charge in [0.2, 0.25) is 0 Å². The topological polar surface area (TPSA) is 37.4 Å². The Balaban J connectivity index is 2.02. The number of nitrogens with zero attached hydrogens (tertiary/aromatic N) is 1. The first kappa shape index (κ1) is 9.00. The van der Waals surface area contributed by atoms with E-state index in [9.17, 15) is 8.42 Å². The number of likely N-dealkylation sites (tertiary alicyclic amines) is 1. The smallest absolute Gasteiger partial charge is 0.140 e. The van der Waals surface area contributed by atoms with Gasteiger partial charge in [-0.3, -0.25) is 0 Å². The highest BCUT2D eigenvalue weighted by Gasteiger charge is 2.09. The van der Waals surface area contributed by atoms with Crippen molar-refractivity contribution in [3.63, 3.8) is 0 Å². The third-order valence-corrected chi connectivity index (χ3v) is 2.70. The Bertz CT molecular complexity index is 165. The number of rotatable bonds is 4. The van der Waals surface area contributed by atoms with Crippen molar-refractivity contribution in [1.29, 1.82) is 0 Å². The zero-order valence-electron chi connectivity index (χ0n) is 6.66. The van der Waals surface area contributed by atoms with Crippen molar-refractivity contribution in [1.82, 2.24) is 4.90 Å². The second-order valence-corrected chi connectivity index (χ2v) is 4.07. The largest absolute Gasteiger partial charge is 0.303 e. The highest BCUT2D eigenvalue weighted by Crippen LogP contribution is 2.06. The van der Waals surface area contributed by atoms with Gasteiger partial charge in [0.25, 0.3) is 0 Å². The van der Waals surface area contributed by atoms with Crippen LogP contribution in [-0.2, 0) is 10.7 Å². The van der Waals surface area contributed by atoms with E-state index in [1.807, 2.05) is 0 Å². The average Bonchev–Trinajstić information content (AvgIpc) is 2.39. The summed E-state index contributed by atoms with van der Waals surface area (Å²) < 4.78 is 20.4. The molecular weight excluding hydrogens is 162 g/mol. The molecule has 0 bridgehead atoms. The van der Waals surface area contributed by atoms with Gasteiger partial charge in [0, 0.05) is 5.75 Å². The van der Waals surface area contributed by atoms with Gasteiger partial charge in [-0.15, -0.1) is 0 Å². The summed E-state index contributed by atoms with van der Waals surface area (Å²) in [6.07, 6.45) is 3.37. The molecule has 0 atom stereocenters. The number of hydrogen-bond acceptors (Lipinski definition) is 3. The van der Waals surface area contributed by atoms with Gasteiger partial charge in [0.05, 0.1) is 0 Å². The van der Waals surface area contributed by atoms with Crippen molar-refractivity contribution < 1.29 is 8.42 Å². The van der Waals surface area contributed by atoms with E-state index in [1.165, 1.54) is 12.8 Å². The minimum absolute atomic E-state index is 0.353. The van der Waals surface area contributed by atoms with Gasteiger partial charge in [-0.1, -0.05) is 0 Å². The van der Waals surface area contributed by atoms with Crippen LogP contribution in [0.25, 0.3) is 0 Å².